The van der Waals surface area contributed by atoms with Gasteiger partial charge in [-0.05, 0) is 23.7 Å². The highest BCUT2D eigenvalue weighted by Crippen LogP contribution is 2.02. The minimum atomic E-state index is 0.331. The maximum atomic E-state index is 5.31. The Hall–Kier alpha value is -0.365. The van der Waals surface area contributed by atoms with Gasteiger partial charge in [-0.15, -0.1) is 0 Å². The van der Waals surface area contributed by atoms with Crippen molar-refractivity contribution in [3.05, 3.63) is 17.4 Å². The molecule has 0 atom stereocenters. The van der Waals surface area contributed by atoms with Crippen LogP contribution < -0.4 is 5.66 Å². The van der Waals surface area contributed by atoms with E-state index in [2.05, 4.69) is 4.42 Å². The molecule has 1 heterocycles. The van der Waals surface area contributed by atoms with Crippen LogP contribution in [0.3, 0.4) is 0 Å². The van der Waals surface area contributed by atoms with E-state index >= 15 is 0 Å². The monoisotopic (exact) mass is 112 g/mol. The fourth-order valence-corrected chi connectivity index (χ4v) is 0.480. The normalized spacial score (nSPS) is 9.29. The van der Waals surface area contributed by atoms with Crippen molar-refractivity contribution in [2.24, 2.45) is 0 Å². The Labute approximate surface area is 47.7 Å². The van der Waals surface area contributed by atoms with E-state index in [4.69, 9.17) is 19.4 Å². The predicted molar refractivity (Wildman–Crippen MR) is 29.1 cm³/mol. The Balaban J connectivity index is 3.04. The lowest BCUT2D eigenvalue weighted by atomic mass is 10.1. The average Bonchev–Trinajstić information content (AvgIpc) is 1.87. The smallest absolute Gasteiger partial charge is 0.191 e. The summed E-state index contributed by atoms with van der Waals surface area (Å²) in [5.41, 5.74) is 0.352. The molecular weight excluding hydrogens is 110 g/mol. The molecule has 0 fully saturated rings. The lowest BCUT2D eigenvalue weighted by molar-refractivity contribution is 0.604. The molecule has 0 N–H and O–H groups in total. The molecule has 2 radical (unpaired) electrons. The average molecular weight is 112 g/mol. The third-order valence-electron chi connectivity index (χ3n) is 0.594. The van der Waals surface area contributed by atoms with Gasteiger partial charge in [-0.25, -0.2) is 0 Å². The quantitative estimate of drug-likeness (QED) is 0.451. The van der Waals surface area contributed by atoms with Crippen LogP contribution >= 0.6 is 11.6 Å². The Morgan fingerprint density at radius 2 is 2.29 bits per heavy atom. The summed E-state index contributed by atoms with van der Waals surface area (Å²) in [5.74, 6) is 0. The van der Waals surface area contributed by atoms with Crippen molar-refractivity contribution in [1.82, 2.24) is 0 Å². The molecule has 0 saturated heterocycles. The molecule has 0 unspecified atom stereocenters. The second-order valence-electron chi connectivity index (χ2n) is 1.14. The van der Waals surface area contributed by atoms with Gasteiger partial charge in [0, 0.05) is 5.66 Å². The Morgan fingerprint density at radius 3 is 2.43 bits per heavy atom. The van der Waals surface area contributed by atoms with Crippen LogP contribution in [0.2, 0.25) is 5.22 Å². The molecule has 1 aromatic rings. The molecular formula is C4H2BClO. The molecule has 34 valence electrons. The first-order valence-corrected chi connectivity index (χ1v) is 2.17. The van der Waals surface area contributed by atoms with Gasteiger partial charge in [0.05, 0.1) is 0 Å². The van der Waals surface area contributed by atoms with Crippen molar-refractivity contribution in [3.8, 4) is 0 Å². The maximum absolute atomic E-state index is 5.31. The zero-order valence-electron chi connectivity index (χ0n) is 3.52. The molecule has 0 spiro atoms. The van der Waals surface area contributed by atoms with Crippen LogP contribution in [0, 0.1) is 0 Å². The Bertz CT molecular complexity index is 144. The lowest BCUT2D eigenvalue weighted by Gasteiger charge is -1.74. The second-order valence-corrected chi connectivity index (χ2v) is 1.51. The first-order chi connectivity index (χ1) is 3.29. The van der Waals surface area contributed by atoms with Crippen LogP contribution in [0.5, 0.6) is 0 Å². The highest BCUT2D eigenvalue weighted by atomic mass is 35.5. The summed E-state index contributed by atoms with van der Waals surface area (Å²) in [6.07, 6.45) is 0. The Morgan fingerprint density at radius 1 is 1.57 bits per heavy atom. The number of rotatable bonds is 0. The molecule has 0 bridgehead atoms. The predicted octanol–water partition coefficient (Wildman–Crippen LogP) is 0.727. The van der Waals surface area contributed by atoms with Crippen molar-refractivity contribution in [2.75, 3.05) is 0 Å². The largest absolute Gasteiger partial charge is 0.461 e. The molecule has 0 aliphatic rings. The molecule has 0 aromatic carbocycles. The van der Waals surface area contributed by atoms with E-state index in [0.29, 0.717) is 10.9 Å². The van der Waals surface area contributed by atoms with Gasteiger partial charge in [-0.1, -0.05) is 0 Å². The standard InChI is InChI=1S/C4H2BClO/c5-3-1-2-4(6)7-3/h1-2H. The first-order valence-electron chi connectivity index (χ1n) is 1.80. The number of hydrogen-bond acceptors (Lipinski definition) is 1. The van der Waals surface area contributed by atoms with Crippen LogP contribution in [-0.2, 0) is 0 Å². The third-order valence-corrected chi connectivity index (χ3v) is 0.797. The summed E-state index contributed by atoms with van der Waals surface area (Å²) < 4.78 is 4.63. The number of furan rings is 1. The van der Waals surface area contributed by atoms with E-state index in [0.717, 1.165) is 0 Å². The van der Waals surface area contributed by atoms with Crippen LogP contribution in [0.4, 0.5) is 0 Å². The minimum absolute atomic E-state index is 0.331. The molecule has 1 rings (SSSR count). The highest BCUT2D eigenvalue weighted by molar-refractivity contribution is 6.32. The van der Waals surface area contributed by atoms with Crippen molar-refractivity contribution in [2.45, 2.75) is 0 Å². The van der Waals surface area contributed by atoms with Gasteiger partial charge in [-0.3, -0.25) is 0 Å². The molecule has 0 aliphatic carbocycles. The fourth-order valence-electron chi connectivity index (χ4n) is 0.328. The lowest BCUT2D eigenvalue weighted by Crippen LogP contribution is -1.92. The summed E-state index contributed by atoms with van der Waals surface area (Å²) in [7, 11) is 5.13. The summed E-state index contributed by atoms with van der Waals surface area (Å²) >= 11 is 5.31. The summed E-state index contributed by atoms with van der Waals surface area (Å²) in [6.45, 7) is 0. The second kappa shape index (κ2) is 1.62. The summed E-state index contributed by atoms with van der Waals surface area (Å²) in [4.78, 5) is 0. The van der Waals surface area contributed by atoms with Gasteiger partial charge in [-0.2, -0.15) is 0 Å². The summed E-state index contributed by atoms with van der Waals surface area (Å²) in [5, 5.41) is 0.331. The van der Waals surface area contributed by atoms with E-state index < -0.39 is 0 Å². The third kappa shape index (κ3) is 0.999. The maximum Gasteiger partial charge on any atom is 0.191 e. The van der Waals surface area contributed by atoms with Crippen molar-refractivity contribution >= 4 is 25.1 Å². The highest BCUT2D eigenvalue weighted by Gasteiger charge is 1.87. The van der Waals surface area contributed by atoms with Crippen LogP contribution in [0.15, 0.2) is 16.5 Å². The van der Waals surface area contributed by atoms with E-state index in [1.165, 1.54) is 0 Å². The van der Waals surface area contributed by atoms with Gasteiger partial charge in [0.2, 0.25) is 0 Å². The zero-order chi connectivity index (χ0) is 5.28. The SMILES string of the molecule is [B]c1ccc(Cl)o1. The number of hydrogen-bond donors (Lipinski definition) is 0. The van der Waals surface area contributed by atoms with Gasteiger partial charge >= 0.3 is 0 Å². The van der Waals surface area contributed by atoms with Gasteiger partial charge < -0.3 is 4.42 Å². The van der Waals surface area contributed by atoms with Crippen LogP contribution in [0.25, 0.3) is 0 Å². The zero-order valence-corrected chi connectivity index (χ0v) is 4.27. The summed E-state index contributed by atoms with van der Waals surface area (Å²) in [6, 6.07) is 3.19. The van der Waals surface area contributed by atoms with Crippen LogP contribution in [-0.4, -0.2) is 7.85 Å². The molecule has 3 heteroatoms. The fraction of sp³-hybridized carbons (Fsp3) is 0. The first kappa shape index (κ1) is 4.79. The van der Waals surface area contributed by atoms with E-state index in [9.17, 15) is 0 Å². The van der Waals surface area contributed by atoms with Gasteiger partial charge in [0.25, 0.3) is 0 Å². The van der Waals surface area contributed by atoms with Crippen molar-refractivity contribution in [1.29, 1.82) is 0 Å². The molecule has 7 heavy (non-hydrogen) atoms. The van der Waals surface area contributed by atoms with Crippen molar-refractivity contribution < 1.29 is 4.42 Å². The van der Waals surface area contributed by atoms with E-state index in [-0.39, 0.29) is 0 Å². The van der Waals surface area contributed by atoms with Crippen LogP contribution in [0.1, 0.15) is 0 Å². The minimum Gasteiger partial charge on any atom is -0.461 e. The topological polar surface area (TPSA) is 13.1 Å². The number of halogens is 1. The van der Waals surface area contributed by atoms with Crippen molar-refractivity contribution in [3.63, 3.8) is 0 Å². The van der Waals surface area contributed by atoms with Gasteiger partial charge in [0.1, 0.15) is 0 Å². The van der Waals surface area contributed by atoms with Gasteiger partial charge in [0.15, 0.2) is 13.1 Å². The molecule has 0 amide bonds. The van der Waals surface area contributed by atoms with E-state index in [1.807, 2.05) is 0 Å². The molecule has 1 aromatic heterocycles. The molecule has 1 nitrogen and oxygen atoms in total. The Kier molecular flexibility index (Phi) is 1.11. The molecule has 0 saturated carbocycles. The molecule has 0 aliphatic heterocycles. The van der Waals surface area contributed by atoms with E-state index in [1.54, 1.807) is 12.1 Å².